The van der Waals surface area contributed by atoms with Gasteiger partial charge in [-0.1, -0.05) is 18.3 Å². The molecule has 0 radical (unpaired) electrons. The summed E-state index contributed by atoms with van der Waals surface area (Å²) in [6.45, 7) is 5.16. The minimum atomic E-state index is -0.324. The first-order chi connectivity index (χ1) is 10.0. The van der Waals surface area contributed by atoms with Crippen molar-refractivity contribution in [3.05, 3.63) is 59.2 Å². The molecule has 0 saturated heterocycles. The maximum atomic E-state index is 14.3. The molecule has 21 heavy (non-hydrogen) atoms. The molecule has 2 rings (SSSR count). The molecule has 2 aromatic rings. The van der Waals surface area contributed by atoms with Gasteiger partial charge in [-0.3, -0.25) is 4.98 Å². The average molecular weight is 303 g/mol. The van der Waals surface area contributed by atoms with Crippen molar-refractivity contribution < 1.29 is 4.39 Å². The summed E-state index contributed by atoms with van der Waals surface area (Å²) in [5.74, 6) is -0.324. The number of nitrogens with zero attached hydrogens (tertiary/aromatic N) is 2. The monoisotopic (exact) mass is 303 g/mol. The quantitative estimate of drug-likeness (QED) is 0.861. The van der Waals surface area contributed by atoms with E-state index in [2.05, 4.69) is 4.98 Å². The third-order valence-corrected chi connectivity index (χ3v) is 3.49. The van der Waals surface area contributed by atoms with Crippen LogP contribution in [0.1, 0.15) is 23.9 Å². The Morgan fingerprint density at radius 1 is 1.33 bits per heavy atom. The highest BCUT2D eigenvalue weighted by Gasteiger charge is 2.12. The van der Waals surface area contributed by atoms with E-state index in [1.165, 1.54) is 6.07 Å². The van der Waals surface area contributed by atoms with Crippen molar-refractivity contribution in [1.29, 1.82) is 0 Å². The second-order valence-electron chi connectivity index (χ2n) is 4.81. The lowest BCUT2D eigenvalue weighted by Gasteiger charge is -2.23. The molecule has 2 N–H and O–H groups in total. The van der Waals surface area contributed by atoms with Crippen LogP contribution in [0.4, 0.5) is 10.1 Å². The van der Waals surface area contributed by atoms with Gasteiger partial charge in [0.15, 0.2) is 0 Å². The van der Waals surface area contributed by atoms with Gasteiger partial charge in [-0.25, -0.2) is 4.39 Å². The van der Waals surface area contributed by atoms with Crippen molar-refractivity contribution in [3.8, 4) is 0 Å². The highest BCUT2D eigenvalue weighted by Crippen LogP contribution is 2.22. The second kappa shape index (κ2) is 6.63. The van der Waals surface area contributed by atoms with Crippen LogP contribution >= 0.6 is 12.2 Å². The highest BCUT2D eigenvalue weighted by atomic mass is 32.1. The van der Waals surface area contributed by atoms with Crippen molar-refractivity contribution in [1.82, 2.24) is 4.98 Å². The van der Waals surface area contributed by atoms with Crippen LogP contribution in [0.25, 0.3) is 0 Å². The molecule has 0 aliphatic rings. The summed E-state index contributed by atoms with van der Waals surface area (Å²) in [5.41, 5.74) is 8.45. The molecule has 0 fully saturated rings. The van der Waals surface area contributed by atoms with E-state index < -0.39 is 0 Å². The molecule has 1 aromatic carbocycles. The zero-order valence-electron chi connectivity index (χ0n) is 12.1. The fourth-order valence-corrected chi connectivity index (χ4v) is 2.29. The Labute approximate surface area is 129 Å². The zero-order valence-corrected chi connectivity index (χ0v) is 13.0. The number of rotatable bonds is 5. The molecule has 0 amide bonds. The molecule has 0 aliphatic carbocycles. The van der Waals surface area contributed by atoms with Gasteiger partial charge >= 0.3 is 0 Å². The smallest absolute Gasteiger partial charge is 0.147 e. The SMILES string of the molecule is CCN(Cc1cccc(C)n1)c1ccc(C(N)=S)cc1F. The minimum absolute atomic E-state index is 0.198. The van der Waals surface area contributed by atoms with Gasteiger partial charge in [-0.05, 0) is 44.2 Å². The van der Waals surface area contributed by atoms with Crippen LogP contribution in [-0.2, 0) is 6.54 Å². The summed E-state index contributed by atoms with van der Waals surface area (Å²) in [6, 6.07) is 10.7. The Balaban J connectivity index is 2.27. The molecule has 5 heteroatoms. The Morgan fingerprint density at radius 3 is 2.67 bits per heavy atom. The van der Waals surface area contributed by atoms with E-state index in [4.69, 9.17) is 18.0 Å². The van der Waals surface area contributed by atoms with Crippen molar-refractivity contribution in [3.63, 3.8) is 0 Å². The molecule has 0 bridgehead atoms. The molecule has 0 saturated carbocycles. The van der Waals surface area contributed by atoms with Crippen molar-refractivity contribution in [2.24, 2.45) is 5.73 Å². The largest absolute Gasteiger partial charge is 0.389 e. The number of halogens is 1. The molecule has 0 aliphatic heterocycles. The highest BCUT2D eigenvalue weighted by molar-refractivity contribution is 7.80. The van der Waals surface area contributed by atoms with Crippen LogP contribution in [0.2, 0.25) is 0 Å². The molecule has 0 spiro atoms. The second-order valence-corrected chi connectivity index (χ2v) is 5.25. The summed E-state index contributed by atoms with van der Waals surface area (Å²) in [7, 11) is 0. The summed E-state index contributed by atoms with van der Waals surface area (Å²) < 4.78 is 14.3. The van der Waals surface area contributed by atoms with E-state index in [1.54, 1.807) is 12.1 Å². The van der Waals surface area contributed by atoms with Gasteiger partial charge in [0.2, 0.25) is 0 Å². The molecule has 110 valence electrons. The van der Waals surface area contributed by atoms with Gasteiger partial charge in [-0.15, -0.1) is 0 Å². The number of aryl methyl sites for hydroxylation is 1. The Morgan fingerprint density at radius 2 is 2.10 bits per heavy atom. The van der Waals surface area contributed by atoms with Gasteiger partial charge in [0.25, 0.3) is 0 Å². The number of nitrogens with two attached hydrogens (primary N) is 1. The summed E-state index contributed by atoms with van der Waals surface area (Å²) in [5, 5.41) is 0. The lowest BCUT2D eigenvalue weighted by Crippen LogP contribution is -2.24. The van der Waals surface area contributed by atoms with E-state index >= 15 is 0 Å². The van der Waals surface area contributed by atoms with E-state index in [9.17, 15) is 4.39 Å². The molecule has 0 unspecified atom stereocenters. The summed E-state index contributed by atoms with van der Waals surface area (Å²) in [6.07, 6.45) is 0. The lowest BCUT2D eigenvalue weighted by atomic mass is 10.1. The first-order valence-electron chi connectivity index (χ1n) is 6.78. The van der Waals surface area contributed by atoms with Crippen LogP contribution in [0.3, 0.4) is 0 Å². The van der Waals surface area contributed by atoms with Crippen LogP contribution in [0.5, 0.6) is 0 Å². The third-order valence-electron chi connectivity index (χ3n) is 3.25. The van der Waals surface area contributed by atoms with Crippen LogP contribution in [0, 0.1) is 12.7 Å². The Kier molecular flexibility index (Phi) is 4.85. The molecule has 1 aromatic heterocycles. The number of thiocarbonyl (C=S) groups is 1. The Hall–Kier alpha value is -2.01. The average Bonchev–Trinajstić information content (AvgIpc) is 2.45. The van der Waals surface area contributed by atoms with E-state index in [-0.39, 0.29) is 10.8 Å². The van der Waals surface area contributed by atoms with Crippen molar-refractivity contribution in [2.45, 2.75) is 20.4 Å². The Bertz CT molecular complexity index is 658. The van der Waals surface area contributed by atoms with Crippen molar-refractivity contribution in [2.75, 3.05) is 11.4 Å². The summed E-state index contributed by atoms with van der Waals surface area (Å²) in [4.78, 5) is 6.59. The number of benzene rings is 1. The fourth-order valence-electron chi connectivity index (χ4n) is 2.17. The van der Waals surface area contributed by atoms with Gasteiger partial charge in [0, 0.05) is 17.8 Å². The number of pyridine rings is 1. The predicted octanol–water partition coefficient (Wildman–Crippen LogP) is 3.19. The summed E-state index contributed by atoms with van der Waals surface area (Å²) >= 11 is 4.87. The normalized spacial score (nSPS) is 10.4. The van der Waals surface area contributed by atoms with Gasteiger partial charge in [0.1, 0.15) is 10.8 Å². The van der Waals surface area contributed by atoms with E-state index in [0.717, 1.165) is 11.4 Å². The maximum absolute atomic E-state index is 14.3. The minimum Gasteiger partial charge on any atom is -0.389 e. The number of anilines is 1. The van der Waals surface area contributed by atoms with Crippen LogP contribution in [-0.4, -0.2) is 16.5 Å². The standard InChI is InChI=1S/C16H18FN3S/c1-3-20(10-13-6-4-5-11(2)19-13)15-8-7-12(16(18)21)9-14(15)17/h4-9H,3,10H2,1-2H3,(H2,18,21). The lowest BCUT2D eigenvalue weighted by molar-refractivity contribution is 0.616. The number of hydrogen-bond donors (Lipinski definition) is 1. The van der Waals surface area contributed by atoms with Crippen LogP contribution in [0.15, 0.2) is 36.4 Å². The number of aromatic nitrogens is 1. The predicted molar refractivity (Wildman–Crippen MR) is 88.0 cm³/mol. The van der Waals surface area contributed by atoms with Gasteiger partial charge in [0.05, 0.1) is 17.9 Å². The first-order valence-corrected chi connectivity index (χ1v) is 7.19. The fraction of sp³-hybridized carbons (Fsp3) is 0.250. The van der Waals surface area contributed by atoms with Gasteiger partial charge < -0.3 is 10.6 Å². The van der Waals surface area contributed by atoms with Gasteiger partial charge in [-0.2, -0.15) is 0 Å². The topological polar surface area (TPSA) is 42.2 Å². The molecular weight excluding hydrogens is 285 g/mol. The molecule has 1 heterocycles. The molecule has 0 atom stereocenters. The number of hydrogen-bond acceptors (Lipinski definition) is 3. The van der Waals surface area contributed by atoms with Crippen molar-refractivity contribution >= 4 is 22.9 Å². The zero-order chi connectivity index (χ0) is 15.4. The third kappa shape index (κ3) is 3.76. The van der Waals surface area contributed by atoms with E-state index in [1.807, 2.05) is 36.9 Å². The maximum Gasteiger partial charge on any atom is 0.147 e. The molecule has 3 nitrogen and oxygen atoms in total. The first kappa shape index (κ1) is 15.4. The van der Waals surface area contributed by atoms with Crippen LogP contribution < -0.4 is 10.6 Å². The van der Waals surface area contributed by atoms with E-state index in [0.29, 0.717) is 24.3 Å². The molecular formula is C16H18FN3S.